The van der Waals surface area contributed by atoms with Crippen LogP contribution in [-0.4, -0.2) is 31.2 Å². The van der Waals surface area contributed by atoms with Crippen LogP contribution in [-0.2, 0) is 14.3 Å². The molecule has 6 heteroatoms. The molecule has 1 atom stereocenters. The Kier molecular flexibility index (Phi) is 8.04. The van der Waals surface area contributed by atoms with Crippen molar-refractivity contribution in [1.29, 1.82) is 0 Å². The van der Waals surface area contributed by atoms with E-state index in [1.807, 2.05) is 45.9 Å². The summed E-state index contributed by atoms with van der Waals surface area (Å²) in [6.07, 6.45) is 1.96. The summed E-state index contributed by atoms with van der Waals surface area (Å²) in [5, 5.41) is 2.78. The van der Waals surface area contributed by atoms with E-state index in [9.17, 15) is 9.59 Å². The van der Waals surface area contributed by atoms with Crippen LogP contribution < -0.4 is 14.8 Å². The summed E-state index contributed by atoms with van der Waals surface area (Å²) >= 11 is 0. The lowest BCUT2D eigenvalue weighted by Crippen LogP contribution is -2.29. The fourth-order valence-electron chi connectivity index (χ4n) is 2.76. The number of carbonyl (C=O) groups is 2. The van der Waals surface area contributed by atoms with Crippen molar-refractivity contribution in [1.82, 2.24) is 0 Å². The van der Waals surface area contributed by atoms with E-state index in [0.29, 0.717) is 17.2 Å². The van der Waals surface area contributed by atoms with Gasteiger partial charge in [0.25, 0.3) is 5.91 Å². The van der Waals surface area contributed by atoms with Crippen molar-refractivity contribution in [3.05, 3.63) is 59.2 Å². The molecule has 2 aromatic rings. The molecule has 2 rings (SSSR count). The van der Waals surface area contributed by atoms with Gasteiger partial charge >= 0.3 is 5.97 Å². The second-order valence-corrected chi connectivity index (χ2v) is 7.30. The zero-order valence-corrected chi connectivity index (χ0v) is 18.3. The predicted octanol–water partition coefficient (Wildman–Crippen LogP) is 4.68. The molecule has 0 saturated heterocycles. The molecule has 0 saturated carbocycles. The van der Waals surface area contributed by atoms with Gasteiger partial charge in [-0.3, -0.25) is 4.79 Å². The molecule has 0 radical (unpaired) electrons. The Morgan fingerprint density at radius 3 is 2.37 bits per heavy atom. The summed E-state index contributed by atoms with van der Waals surface area (Å²) in [4.78, 5) is 24.4. The Hall–Kier alpha value is -3.28. The average molecular weight is 411 g/mol. The van der Waals surface area contributed by atoms with Gasteiger partial charge in [-0.25, -0.2) is 4.79 Å². The molecule has 1 N–H and O–H groups in total. The standard InChI is InChI=1S/C24H29NO5/c1-15(2)29-21-11-8-19(14-22(21)28-6)9-12-23(26)30-18(5)24(27)25-20-10-7-16(3)13-17(20)4/h7-15,18H,1-6H3,(H,25,27)/b12-9+/t18-/m1/s1. The van der Waals surface area contributed by atoms with Gasteiger partial charge in [0.15, 0.2) is 17.6 Å². The number of aryl methyl sites for hydroxylation is 2. The van der Waals surface area contributed by atoms with Gasteiger partial charge in [-0.2, -0.15) is 0 Å². The number of methoxy groups -OCH3 is 1. The minimum absolute atomic E-state index is 0.0200. The Bertz CT molecular complexity index is 933. The molecule has 0 aliphatic heterocycles. The first-order chi connectivity index (χ1) is 14.2. The molecule has 0 aliphatic carbocycles. The van der Waals surface area contributed by atoms with Gasteiger partial charge in [-0.05, 0) is 70.0 Å². The number of ether oxygens (including phenoxy) is 3. The van der Waals surface area contributed by atoms with Crippen LogP contribution in [0.25, 0.3) is 6.08 Å². The Labute approximate surface area is 177 Å². The zero-order chi connectivity index (χ0) is 22.3. The Morgan fingerprint density at radius 1 is 1.00 bits per heavy atom. The maximum atomic E-state index is 12.3. The van der Waals surface area contributed by atoms with Crippen molar-refractivity contribution >= 4 is 23.6 Å². The highest BCUT2D eigenvalue weighted by Gasteiger charge is 2.17. The van der Waals surface area contributed by atoms with Gasteiger partial charge in [0.05, 0.1) is 13.2 Å². The van der Waals surface area contributed by atoms with E-state index >= 15 is 0 Å². The summed E-state index contributed by atoms with van der Waals surface area (Å²) in [5.41, 5.74) is 3.49. The average Bonchev–Trinajstić information content (AvgIpc) is 2.68. The number of esters is 1. The van der Waals surface area contributed by atoms with Crippen LogP contribution in [0.15, 0.2) is 42.5 Å². The van der Waals surface area contributed by atoms with Crippen LogP contribution in [0.5, 0.6) is 11.5 Å². The van der Waals surface area contributed by atoms with Crippen LogP contribution in [0.1, 0.15) is 37.5 Å². The largest absolute Gasteiger partial charge is 0.493 e. The third-order valence-electron chi connectivity index (χ3n) is 4.26. The maximum Gasteiger partial charge on any atom is 0.331 e. The molecule has 30 heavy (non-hydrogen) atoms. The molecule has 0 aliphatic rings. The first-order valence-electron chi connectivity index (χ1n) is 9.81. The predicted molar refractivity (Wildman–Crippen MR) is 118 cm³/mol. The molecule has 0 aromatic heterocycles. The summed E-state index contributed by atoms with van der Waals surface area (Å²) in [6.45, 7) is 9.29. The summed E-state index contributed by atoms with van der Waals surface area (Å²) in [5.74, 6) is 0.199. The number of benzene rings is 2. The number of amides is 1. The van der Waals surface area contributed by atoms with Gasteiger partial charge in [0, 0.05) is 11.8 Å². The fraction of sp³-hybridized carbons (Fsp3) is 0.333. The molecule has 6 nitrogen and oxygen atoms in total. The maximum absolute atomic E-state index is 12.3. The molecule has 160 valence electrons. The quantitative estimate of drug-likeness (QED) is 0.504. The lowest BCUT2D eigenvalue weighted by molar-refractivity contribution is -0.148. The summed E-state index contributed by atoms with van der Waals surface area (Å²) in [7, 11) is 1.56. The van der Waals surface area contributed by atoms with Crippen molar-refractivity contribution in [2.45, 2.75) is 46.8 Å². The third kappa shape index (κ3) is 6.65. The van der Waals surface area contributed by atoms with Gasteiger partial charge in [0.1, 0.15) is 0 Å². The van der Waals surface area contributed by atoms with Crippen molar-refractivity contribution in [2.75, 3.05) is 12.4 Å². The van der Waals surface area contributed by atoms with E-state index in [4.69, 9.17) is 14.2 Å². The van der Waals surface area contributed by atoms with Crippen molar-refractivity contribution in [2.24, 2.45) is 0 Å². The van der Waals surface area contributed by atoms with Gasteiger partial charge in [0.2, 0.25) is 0 Å². The minimum atomic E-state index is -0.931. The van der Waals surface area contributed by atoms with E-state index in [-0.39, 0.29) is 12.0 Å². The van der Waals surface area contributed by atoms with Gasteiger partial charge < -0.3 is 19.5 Å². The van der Waals surface area contributed by atoms with Crippen LogP contribution >= 0.6 is 0 Å². The molecule has 1 amide bonds. The second kappa shape index (κ2) is 10.5. The molecule has 0 unspecified atom stereocenters. The monoisotopic (exact) mass is 411 g/mol. The molecule has 0 fully saturated rings. The molecular weight excluding hydrogens is 382 g/mol. The number of hydrogen-bond donors (Lipinski definition) is 1. The Morgan fingerprint density at radius 2 is 1.73 bits per heavy atom. The van der Waals surface area contributed by atoms with Crippen LogP contribution in [0.4, 0.5) is 5.69 Å². The first kappa shape index (κ1) is 23.0. The molecule has 2 aromatic carbocycles. The number of anilines is 1. The first-order valence-corrected chi connectivity index (χ1v) is 9.81. The SMILES string of the molecule is COc1cc(/C=C/C(=O)O[C@H](C)C(=O)Nc2ccc(C)cc2C)ccc1OC(C)C. The van der Waals surface area contributed by atoms with Crippen LogP contribution in [0.3, 0.4) is 0 Å². The number of carbonyl (C=O) groups excluding carboxylic acids is 2. The topological polar surface area (TPSA) is 73.9 Å². The molecule has 0 heterocycles. The van der Waals surface area contributed by atoms with Crippen LogP contribution in [0.2, 0.25) is 0 Å². The fourth-order valence-corrected chi connectivity index (χ4v) is 2.76. The molecular formula is C24H29NO5. The van der Waals surface area contributed by atoms with Gasteiger partial charge in [-0.15, -0.1) is 0 Å². The van der Waals surface area contributed by atoms with Crippen molar-refractivity contribution in [3.63, 3.8) is 0 Å². The third-order valence-corrected chi connectivity index (χ3v) is 4.26. The Balaban J connectivity index is 1.97. The second-order valence-electron chi connectivity index (χ2n) is 7.30. The van der Waals surface area contributed by atoms with E-state index in [2.05, 4.69) is 5.32 Å². The highest BCUT2D eigenvalue weighted by atomic mass is 16.5. The van der Waals surface area contributed by atoms with E-state index in [1.165, 1.54) is 13.0 Å². The highest BCUT2D eigenvalue weighted by molar-refractivity contribution is 5.97. The molecule has 0 bridgehead atoms. The lowest BCUT2D eigenvalue weighted by Gasteiger charge is -2.14. The number of rotatable bonds is 8. The summed E-state index contributed by atoms with van der Waals surface area (Å²) in [6, 6.07) is 11.1. The molecule has 0 spiro atoms. The van der Waals surface area contributed by atoms with E-state index in [1.54, 1.807) is 31.4 Å². The van der Waals surface area contributed by atoms with Crippen molar-refractivity contribution < 1.29 is 23.8 Å². The van der Waals surface area contributed by atoms with E-state index in [0.717, 1.165) is 16.7 Å². The minimum Gasteiger partial charge on any atom is -0.493 e. The van der Waals surface area contributed by atoms with Crippen molar-refractivity contribution in [3.8, 4) is 11.5 Å². The van der Waals surface area contributed by atoms with Crippen LogP contribution in [0, 0.1) is 13.8 Å². The normalized spacial score (nSPS) is 12.0. The number of nitrogens with one attached hydrogen (secondary N) is 1. The highest BCUT2D eigenvalue weighted by Crippen LogP contribution is 2.29. The van der Waals surface area contributed by atoms with E-state index < -0.39 is 12.1 Å². The van der Waals surface area contributed by atoms with Gasteiger partial charge in [-0.1, -0.05) is 23.8 Å². The smallest absolute Gasteiger partial charge is 0.331 e. The summed E-state index contributed by atoms with van der Waals surface area (Å²) < 4.78 is 16.2. The number of hydrogen-bond acceptors (Lipinski definition) is 5. The zero-order valence-electron chi connectivity index (χ0n) is 18.3. The lowest BCUT2D eigenvalue weighted by atomic mass is 10.1.